The minimum absolute atomic E-state index is 0.158. The maximum atomic E-state index is 14.0. The zero-order valence-corrected chi connectivity index (χ0v) is 14.4. The van der Waals surface area contributed by atoms with Gasteiger partial charge in [0.25, 0.3) is 0 Å². The lowest BCUT2D eigenvalue weighted by molar-refractivity contribution is -0.123. The van der Waals surface area contributed by atoms with Crippen LogP contribution in [0, 0.1) is 18.7 Å². The number of allylic oxidation sites excluding steroid dienone is 1. The highest BCUT2D eigenvalue weighted by molar-refractivity contribution is 5.84. The van der Waals surface area contributed by atoms with Gasteiger partial charge in [-0.25, -0.2) is 4.39 Å². The summed E-state index contributed by atoms with van der Waals surface area (Å²) in [5.74, 6) is -0.556. The number of carbonyl (C=O) groups is 1. The maximum absolute atomic E-state index is 14.0. The van der Waals surface area contributed by atoms with Gasteiger partial charge in [-0.05, 0) is 55.4 Å². The van der Waals surface area contributed by atoms with E-state index < -0.39 is 17.3 Å². The molecule has 0 fully saturated rings. The number of hydrogen-bond donors (Lipinski definition) is 2. The number of ether oxygens (including phenoxy) is 1. The van der Waals surface area contributed by atoms with Crippen molar-refractivity contribution >= 4 is 11.5 Å². The van der Waals surface area contributed by atoms with Gasteiger partial charge in [0, 0.05) is 5.56 Å². The highest BCUT2D eigenvalue weighted by atomic mass is 19.1. The first-order chi connectivity index (χ1) is 10.6. The first-order valence-corrected chi connectivity index (χ1v) is 7.71. The Morgan fingerprint density at radius 2 is 2.04 bits per heavy atom. The van der Waals surface area contributed by atoms with Crippen molar-refractivity contribution in [2.75, 3.05) is 7.11 Å². The summed E-state index contributed by atoms with van der Waals surface area (Å²) in [7, 11) is 1.42. The number of primary amides is 1. The van der Waals surface area contributed by atoms with E-state index in [0.717, 1.165) is 5.56 Å². The molecule has 0 radical (unpaired) electrons. The van der Waals surface area contributed by atoms with Crippen LogP contribution in [-0.2, 0) is 4.79 Å². The number of halogens is 1. The van der Waals surface area contributed by atoms with Crippen molar-refractivity contribution < 1.29 is 13.9 Å². The number of benzene rings is 1. The highest BCUT2D eigenvalue weighted by Crippen LogP contribution is 2.33. The summed E-state index contributed by atoms with van der Waals surface area (Å²) >= 11 is 0. The van der Waals surface area contributed by atoms with Crippen molar-refractivity contribution in [1.29, 1.82) is 0 Å². The quantitative estimate of drug-likeness (QED) is 0.771. The molecule has 4 N–H and O–H groups in total. The summed E-state index contributed by atoms with van der Waals surface area (Å²) in [5, 5.41) is 0. The van der Waals surface area contributed by atoms with E-state index in [0.29, 0.717) is 30.4 Å². The molecule has 1 aromatic carbocycles. The van der Waals surface area contributed by atoms with Crippen LogP contribution in [0.1, 0.15) is 44.2 Å². The predicted molar refractivity (Wildman–Crippen MR) is 91.5 cm³/mol. The molecule has 1 atom stereocenters. The lowest BCUT2D eigenvalue weighted by atomic mass is 9.83. The molecule has 1 amide bonds. The summed E-state index contributed by atoms with van der Waals surface area (Å²) < 4.78 is 19.1. The first-order valence-electron chi connectivity index (χ1n) is 7.71. The van der Waals surface area contributed by atoms with Gasteiger partial charge in [0.05, 0.1) is 12.6 Å². The molecule has 128 valence electrons. The Labute approximate surface area is 137 Å². The number of carbonyl (C=O) groups excluding carboxylic acids is 1. The van der Waals surface area contributed by atoms with E-state index in [4.69, 9.17) is 16.2 Å². The average molecular weight is 322 g/mol. The molecule has 1 rings (SSSR count). The van der Waals surface area contributed by atoms with Crippen LogP contribution in [0.4, 0.5) is 4.39 Å². The van der Waals surface area contributed by atoms with E-state index >= 15 is 0 Å². The molecule has 0 saturated heterocycles. The summed E-state index contributed by atoms with van der Waals surface area (Å²) in [6.45, 7) is 9.77. The molecular weight excluding hydrogens is 295 g/mol. The Morgan fingerprint density at radius 1 is 1.43 bits per heavy atom. The van der Waals surface area contributed by atoms with Gasteiger partial charge in [0.15, 0.2) is 11.6 Å². The third kappa shape index (κ3) is 4.79. The van der Waals surface area contributed by atoms with Crippen LogP contribution < -0.4 is 16.2 Å². The molecule has 0 aliphatic heterocycles. The summed E-state index contributed by atoms with van der Waals surface area (Å²) in [6, 6.07) is 3.22. The van der Waals surface area contributed by atoms with Gasteiger partial charge in [-0.15, -0.1) is 0 Å². The third-order valence-corrected chi connectivity index (χ3v) is 3.91. The molecule has 0 saturated carbocycles. The topological polar surface area (TPSA) is 78.3 Å². The van der Waals surface area contributed by atoms with Crippen LogP contribution >= 0.6 is 0 Å². The minimum atomic E-state index is -1.09. The molecule has 0 spiro atoms. The number of aryl methyl sites for hydroxylation is 1. The minimum Gasteiger partial charge on any atom is -0.493 e. The van der Waals surface area contributed by atoms with Crippen LogP contribution in [0.3, 0.4) is 0 Å². The van der Waals surface area contributed by atoms with Gasteiger partial charge in [-0.3, -0.25) is 4.79 Å². The van der Waals surface area contributed by atoms with Crippen molar-refractivity contribution in [2.45, 2.75) is 45.6 Å². The fourth-order valence-corrected chi connectivity index (χ4v) is 2.76. The van der Waals surface area contributed by atoms with E-state index in [2.05, 4.69) is 6.58 Å². The summed E-state index contributed by atoms with van der Waals surface area (Å²) in [4.78, 5) is 11.7. The number of methoxy groups -OCH3 is 1. The van der Waals surface area contributed by atoms with Crippen LogP contribution in [0.5, 0.6) is 5.75 Å². The monoisotopic (exact) mass is 322 g/mol. The van der Waals surface area contributed by atoms with Crippen molar-refractivity contribution in [3.05, 3.63) is 35.7 Å². The van der Waals surface area contributed by atoms with E-state index in [1.807, 2.05) is 19.9 Å². The predicted octanol–water partition coefficient (Wildman–Crippen LogP) is 3.17. The van der Waals surface area contributed by atoms with Crippen LogP contribution in [-0.4, -0.2) is 18.6 Å². The van der Waals surface area contributed by atoms with Crippen LogP contribution in [0.2, 0.25) is 0 Å². The third-order valence-electron chi connectivity index (χ3n) is 3.91. The standard InChI is InChI=1S/C18H27FN2O2/c1-11(2)10-18(21,17(20)22)7-6-13(4)14-8-12(3)9-15(19)16(14)23-5/h8-9,11H,4,6-7,10,21H2,1-3,5H3,(H2,20,22)/t18-/m1/s1. The second kappa shape index (κ2) is 7.59. The van der Waals surface area contributed by atoms with Gasteiger partial charge in [-0.2, -0.15) is 0 Å². The second-order valence-electron chi connectivity index (χ2n) is 6.55. The smallest absolute Gasteiger partial charge is 0.237 e. The molecule has 0 unspecified atom stereocenters. The normalized spacial score (nSPS) is 13.7. The average Bonchev–Trinajstić information content (AvgIpc) is 2.43. The molecule has 0 heterocycles. The molecular formula is C18H27FN2O2. The van der Waals surface area contributed by atoms with Gasteiger partial charge in [-0.1, -0.05) is 20.4 Å². The molecule has 1 aromatic rings. The maximum Gasteiger partial charge on any atom is 0.237 e. The fraction of sp³-hybridized carbons (Fsp3) is 0.500. The number of rotatable bonds is 8. The van der Waals surface area contributed by atoms with Crippen molar-refractivity contribution in [3.8, 4) is 5.75 Å². The van der Waals surface area contributed by atoms with Gasteiger partial charge in [0.1, 0.15) is 0 Å². The van der Waals surface area contributed by atoms with Gasteiger partial charge in [0.2, 0.25) is 5.91 Å². The van der Waals surface area contributed by atoms with Crippen LogP contribution in [0.15, 0.2) is 18.7 Å². The summed E-state index contributed by atoms with van der Waals surface area (Å²) in [6.07, 6.45) is 1.29. The van der Waals surface area contributed by atoms with E-state index in [1.54, 1.807) is 6.92 Å². The Bertz CT molecular complexity index is 599. The zero-order chi connectivity index (χ0) is 17.8. The van der Waals surface area contributed by atoms with Crippen molar-refractivity contribution in [1.82, 2.24) is 0 Å². The number of amides is 1. The Kier molecular flexibility index (Phi) is 6.33. The van der Waals surface area contributed by atoms with Crippen molar-refractivity contribution in [3.63, 3.8) is 0 Å². The summed E-state index contributed by atoms with van der Waals surface area (Å²) in [5.41, 5.74) is 12.6. The Hall–Kier alpha value is -1.88. The molecule has 23 heavy (non-hydrogen) atoms. The first kappa shape index (κ1) is 19.2. The SMILES string of the molecule is C=C(CC[C@@](N)(CC(C)C)C(N)=O)c1cc(C)cc(F)c1OC. The zero-order valence-electron chi connectivity index (χ0n) is 14.4. The largest absolute Gasteiger partial charge is 0.493 e. The molecule has 5 heteroatoms. The van der Waals surface area contributed by atoms with E-state index in [9.17, 15) is 9.18 Å². The number of hydrogen-bond acceptors (Lipinski definition) is 3. The lowest BCUT2D eigenvalue weighted by Gasteiger charge is -2.28. The Balaban J connectivity index is 2.98. The highest BCUT2D eigenvalue weighted by Gasteiger charge is 2.32. The van der Waals surface area contributed by atoms with E-state index in [-0.39, 0.29) is 11.7 Å². The molecule has 4 nitrogen and oxygen atoms in total. The van der Waals surface area contributed by atoms with Gasteiger partial charge < -0.3 is 16.2 Å². The molecule has 0 aliphatic rings. The second-order valence-corrected chi connectivity index (χ2v) is 6.55. The van der Waals surface area contributed by atoms with E-state index in [1.165, 1.54) is 13.2 Å². The fourth-order valence-electron chi connectivity index (χ4n) is 2.76. The molecule has 0 aromatic heterocycles. The molecule has 0 aliphatic carbocycles. The number of nitrogens with two attached hydrogens (primary N) is 2. The lowest BCUT2D eigenvalue weighted by Crippen LogP contribution is -2.52. The van der Waals surface area contributed by atoms with Gasteiger partial charge >= 0.3 is 0 Å². The van der Waals surface area contributed by atoms with Crippen LogP contribution in [0.25, 0.3) is 5.57 Å². The van der Waals surface area contributed by atoms with Crippen molar-refractivity contribution in [2.24, 2.45) is 17.4 Å². The Morgan fingerprint density at radius 3 is 2.52 bits per heavy atom. The molecule has 0 bridgehead atoms.